The van der Waals surface area contributed by atoms with Crippen LogP contribution in [-0.2, 0) is 12.6 Å². The molecule has 2 aliphatic rings. The molecule has 1 saturated heterocycles. The number of alkyl halides is 3. The van der Waals surface area contributed by atoms with Gasteiger partial charge in [0.25, 0.3) is 0 Å². The second-order valence-electron chi connectivity index (χ2n) is 6.42. The molecular formula is C15H15F4NO2. The Balaban J connectivity index is 1.57. The molecule has 1 amide bonds. The van der Waals surface area contributed by atoms with E-state index in [0.717, 1.165) is 18.9 Å². The van der Waals surface area contributed by atoms with E-state index in [0.29, 0.717) is 31.1 Å². The minimum absolute atomic E-state index is 0.0193. The summed E-state index contributed by atoms with van der Waals surface area (Å²) in [4.78, 5) is 12.1. The maximum Gasteiger partial charge on any atom is 0.416 e. The normalized spacial score (nSPS) is 20.6. The summed E-state index contributed by atoms with van der Waals surface area (Å²) in [6.45, 7) is 1.02. The first-order valence-electron chi connectivity index (χ1n) is 7.02. The van der Waals surface area contributed by atoms with Crippen molar-refractivity contribution in [3.8, 4) is 0 Å². The molecule has 0 radical (unpaired) electrons. The standard InChI is InChI=1S/C15H15F4NO2/c16-12-4-11(15(17,18)19)2-1-10(12)3-9-5-14(6-9)7-20(8-14)13(21)22/h1-2,4,9H,3,5-8H2,(H,21,22). The van der Waals surface area contributed by atoms with Crippen LogP contribution in [0, 0.1) is 17.2 Å². The molecule has 1 aliphatic heterocycles. The van der Waals surface area contributed by atoms with Gasteiger partial charge < -0.3 is 10.0 Å². The fraction of sp³-hybridized carbons (Fsp3) is 0.533. The summed E-state index contributed by atoms with van der Waals surface area (Å²) >= 11 is 0. The van der Waals surface area contributed by atoms with Crippen LogP contribution in [0.25, 0.3) is 0 Å². The zero-order valence-corrected chi connectivity index (χ0v) is 11.7. The molecule has 3 nitrogen and oxygen atoms in total. The van der Waals surface area contributed by atoms with Crippen LogP contribution in [0.5, 0.6) is 0 Å². The second kappa shape index (κ2) is 4.86. The van der Waals surface area contributed by atoms with E-state index in [4.69, 9.17) is 5.11 Å². The third kappa shape index (κ3) is 2.64. The predicted molar refractivity (Wildman–Crippen MR) is 69.9 cm³/mol. The highest BCUT2D eigenvalue weighted by molar-refractivity contribution is 5.66. The number of hydrogen-bond acceptors (Lipinski definition) is 1. The molecular weight excluding hydrogens is 302 g/mol. The first kappa shape index (κ1) is 15.1. The fourth-order valence-electron chi connectivity index (χ4n) is 3.67. The fourth-order valence-corrected chi connectivity index (χ4v) is 3.67. The number of nitrogens with zero attached hydrogens (tertiary/aromatic N) is 1. The molecule has 1 N–H and O–H groups in total. The van der Waals surface area contributed by atoms with Gasteiger partial charge in [-0.15, -0.1) is 0 Å². The summed E-state index contributed by atoms with van der Waals surface area (Å²) in [5.74, 6) is -0.612. The van der Waals surface area contributed by atoms with E-state index in [2.05, 4.69) is 0 Å². The number of carboxylic acid groups (broad SMARTS) is 1. The van der Waals surface area contributed by atoms with Crippen molar-refractivity contribution in [1.29, 1.82) is 0 Å². The SMILES string of the molecule is O=C(O)N1CC2(CC(Cc3ccc(C(F)(F)F)cc3F)C2)C1. The van der Waals surface area contributed by atoms with Gasteiger partial charge in [0.1, 0.15) is 5.82 Å². The van der Waals surface area contributed by atoms with Crippen LogP contribution < -0.4 is 0 Å². The third-order valence-electron chi connectivity index (χ3n) is 4.66. The lowest BCUT2D eigenvalue weighted by Crippen LogP contribution is -2.63. The van der Waals surface area contributed by atoms with Crippen molar-refractivity contribution in [2.75, 3.05) is 13.1 Å². The number of halogens is 4. The van der Waals surface area contributed by atoms with E-state index in [-0.39, 0.29) is 11.3 Å². The zero-order chi connectivity index (χ0) is 16.1. The number of hydrogen-bond donors (Lipinski definition) is 1. The van der Waals surface area contributed by atoms with Crippen molar-refractivity contribution < 1.29 is 27.5 Å². The summed E-state index contributed by atoms with van der Waals surface area (Å²) in [7, 11) is 0. The molecule has 120 valence electrons. The van der Waals surface area contributed by atoms with Crippen molar-refractivity contribution in [3.05, 3.63) is 35.1 Å². The molecule has 3 rings (SSSR count). The Morgan fingerprint density at radius 1 is 1.32 bits per heavy atom. The summed E-state index contributed by atoms with van der Waals surface area (Å²) in [6, 6.07) is 2.65. The number of benzene rings is 1. The zero-order valence-electron chi connectivity index (χ0n) is 11.7. The molecule has 1 aliphatic carbocycles. The summed E-state index contributed by atoms with van der Waals surface area (Å²) in [6.07, 6.45) is -3.46. The van der Waals surface area contributed by atoms with Gasteiger partial charge >= 0.3 is 12.3 Å². The molecule has 0 atom stereocenters. The number of amides is 1. The lowest BCUT2D eigenvalue weighted by atomic mass is 9.56. The van der Waals surface area contributed by atoms with Crippen LogP contribution in [0.2, 0.25) is 0 Å². The quantitative estimate of drug-likeness (QED) is 0.843. The molecule has 0 bridgehead atoms. The predicted octanol–water partition coefficient (Wildman–Crippen LogP) is 3.78. The van der Waals surface area contributed by atoms with Crippen LogP contribution >= 0.6 is 0 Å². The second-order valence-corrected chi connectivity index (χ2v) is 6.42. The van der Waals surface area contributed by atoms with Gasteiger partial charge in [0.05, 0.1) is 5.56 Å². The van der Waals surface area contributed by atoms with Crippen molar-refractivity contribution >= 4 is 6.09 Å². The lowest BCUT2D eigenvalue weighted by Gasteiger charge is -2.58. The average Bonchev–Trinajstić information content (AvgIpc) is 2.30. The molecule has 1 aromatic rings. The lowest BCUT2D eigenvalue weighted by molar-refractivity contribution is -0.137. The van der Waals surface area contributed by atoms with Gasteiger partial charge in [-0.05, 0) is 42.9 Å². The minimum atomic E-state index is -4.54. The van der Waals surface area contributed by atoms with Crippen molar-refractivity contribution in [2.45, 2.75) is 25.4 Å². The van der Waals surface area contributed by atoms with Gasteiger partial charge in [-0.3, -0.25) is 0 Å². The van der Waals surface area contributed by atoms with Gasteiger partial charge in [-0.25, -0.2) is 9.18 Å². The van der Waals surface area contributed by atoms with Crippen LogP contribution in [-0.4, -0.2) is 29.2 Å². The number of carbonyl (C=O) groups is 1. The van der Waals surface area contributed by atoms with E-state index in [1.54, 1.807) is 0 Å². The molecule has 1 spiro atoms. The summed E-state index contributed by atoms with van der Waals surface area (Å²) in [5, 5.41) is 8.80. The Morgan fingerprint density at radius 3 is 2.45 bits per heavy atom. The first-order chi connectivity index (χ1) is 10.2. The topological polar surface area (TPSA) is 40.5 Å². The van der Waals surface area contributed by atoms with E-state index in [1.165, 1.54) is 11.0 Å². The van der Waals surface area contributed by atoms with Crippen molar-refractivity contribution in [1.82, 2.24) is 4.90 Å². The molecule has 1 saturated carbocycles. The Bertz CT molecular complexity index is 600. The molecule has 1 heterocycles. The van der Waals surface area contributed by atoms with Crippen molar-refractivity contribution in [3.63, 3.8) is 0 Å². The Labute approximate surface area is 124 Å². The van der Waals surface area contributed by atoms with Crippen molar-refractivity contribution in [2.24, 2.45) is 11.3 Å². The van der Waals surface area contributed by atoms with E-state index in [1.807, 2.05) is 0 Å². The highest BCUT2D eigenvalue weighted by atomic mass is 19.4. The molecule has 0 unspecified atom stereocenters. The highest BCUT2D eigenvalue weighted by Gasteiger charge is 2.53. The van der Waals surface area contributed by atoms with E-state index >= 15 is 0 Å². The number of likely N-dealkylation sites (tertiary alicyclic amines) is 1. The Hall–Kier alpha value is -1.79. The van der Waals surface area contributed by atoms with Gasteiger partial charge in [-0.1, -0.05) is 6.07 Å². The number of rotatable bonds is 2. The van der Waals surface area contributed by atoms with Crippen LogP contribution in [0.15, 0.2) is 18.2 Å². The molecule has 22 heavy (non-hydrogen) atoms. The van der Waals surface area contributed by atoms with E-state index < -0.39 is 23.7 Å². The molecule has 7 heteroatoms. The van der Waals surface area contributed by atoms with Gasteiger partial charge in [0.15, 0.2) is 0 Å². The maximum absolute atomic E-state index is 13.8. The largest absolute Gasteiger partial charge is 0.465 e. The Kier molecular flexibility index (Phi) is 3.34. The minimum Gasteiger partial charge on any atom is -0.465 e. The average molecular weight is 317 g/mol. The monoisotopic (exact) mass is 317 g/mol. The Morgan fingerprint density at radius 2 is 1.95 bits per heavy atom. The van der Waals surface area contributed by atoms with Gasteiger partial charge in [-0.2, -0.15) is 13.2 Å². The summed E-state index contributed by atoms with van der Waals surface area (Å²) < 4.78 is 51.2. The third-order valence-corrected chi connectivity index (χ3v) is 4.66. The smallest absolute Gasteiger partial charge is 0.416 e. The first-order valence-corrected chi connectivity index (χ1v) is 7.02. The maximum atomic E-state index is 13.8. The van der Waals surface area contributed by atoms with Crippen LogP contribution in [0.1, 0.15) is 24.0 Å². The molecule has 2 fully saturated rings. The van der Waals surface area contributed by atoms with Crippen LogP contribution in [0.4, 0.5) is 22.4 Å². The highest BCUT2D eigenvalue weighted by Crippen LogP contribution is 2.52. The van der Waals surface area contributed by atoms with Gasteiger partial charge in [0.2, 0.25) is 0 Å². The molecule has 1 aromatic carbocycles. The van der Waals surface area contributed by atoms with Crippen LogP contribution in [0.3, 0.4) is 0 Å². The van der Waals surface area contributed by atoms with E-state index in [9.17, 15) is 22.4 Å². The summed E-state index contributed by atoms with van der Waals surface area (Å²) in [5.41, 5.74) is -0.664. The van der Waals surface area contributed by atoms with Gasteiger partial charge in [0, 0.05) is 18.5 Å². The molecule has 0 aromatic heterocycles.